The third-order valence-corrected chi connectivity index (χ3v) is 4.25. The molecule has 3 nitrogen and oxygen atoms in total. The van der Waals surface area contributed by atoms with Gasteiger partial charge >= 0.3 is 0 Å². The van der Waals surface area contributed by atoms with Crippen molar-refractivity contribution in [2.75, 3.05) is 18.4 Å². The zero-order chi connectivity index (χ0) is 13.8. The molecule has 104 valence electrons. The van der Waals surface area contributed by atoms with Gasteiger partial charge in [-0.25, -0.2) is 0 Å². The van der Waals surface area contributed by atoms with Crippen molar-refractivity contribution in [1.29, 1.82) is 0 Å². The smallest absolute Gasteiger partial charge is 0.257 e. The molecule has 1 amide bonds. The number of likely N-dealkylation sites (tertiary alicyclic amines) is 1. The molecule has 1 aromatic carbocycles. The number of rotatable bonds is 3. The predicted molar refractivity (Wildman–Crippen MR) is 79.9 cm³/mol. The van der Waals surface area contributed by atoms with Crippen molar-refractivity contribution >= 4 is 21.8 Å². The molecule has 1 unspecified atom stereocenters. The van der Waals surface area contributed by atoms with Crippen LogP contribution in [0.2, 0.25) is 0 Å². The number of para-hydroxylation sites is 1. The van der Waals surface area contributed by atoms with E-state index >= 15 is 0 Å². The molecule has 1 N–H and O–H groups in total. The van der Waals surface area contributed by atoms with E-state index < -0.39 is 0 Å². The highest BCUT2D eigenvalue weighted by Gasteiger charge is 2.25. The lowest BCUT2D eigenvalue weighted by molar-refractivity contribution is 0.0669. The molecule has 0 saturated carbocycles. The minimum absolute atomic E-state index is 0.0412. The fourth-order valence-electron chi connectivity index (χ4n) is 2.64. The van der Waals surface area contributed by atoms with Crippen LogP contribution in [0.3, 0.4) is 0 Å². The average molecular weight is 326 g/mol. The molecule has 1 saturated heterocycles. The Hall–Kier alpha value is -1.03. The van der Waals surface area contributed by atoms with E-state index in [-0.39, 0.29) is 11.7 Å². The van der Waals surface area contributed by atoms with Crippen LogP contribution >= 0.6 is 15.9 Å². The van der Waals surface area contributed by atoms with E-state index in [4.69, 9.17) is 0 Å². The minimum atomic E-state index is -0.0412. The second kappa shape index (κ2) is 6.42. The van der Waals surface area contributed by atoms with Gasteiger partial charge in [0, 0.05) is 18.4 Å². The predicted octanol–water partition coefficient (Wildman–Crippen LogP) is 3.34. The van der Waals surface area contributed by atoms with Crippen molar-refractivity contribution in [3.8, 4) is 5.75 Å². The van der Waals surface area contributed by atoms with Crippen molar-refractivity contribution in [2.45, 2.75) is 26.2 Å². The Morgan fingerprint density at radius 2 is 2.32 bits per heavy atom. The van der Waals surface area contributed by atoms with Crippen molar-refractivity contribution in [3.63, 3.8) is 0 Å². The number of alkyl halides is 1. The van der Waals surface area contributed by atoms with Gasteiger partial charge in [-0.15, -0.1) is 0 Å². The summed E-state index contributed by atoms with van der Waals surface area (Å²) in [7, 11) is 0. The second-order valence-corrected chi connectivity index (χ2v) is 6.00. The molecule has 0 aliphatic carbocycles. The number of carbonyl (C=O) groups is 1. The first-order chi connectivity index (χ1) is 9.13. The van der Waals surface area contributed by atoms with Crippen molar-refractivity contribution in [2.24, 2.45) is 5.92 Å². The first-order valence-electron chi connectivity index (χ1n) is 6.77. The lowest BCUT2D eigenvalue weighted by Crippen LogP contribution is -2.40. The fourth-order valence-corrected chi connectivity index (χ4v) is 3.29. The van der Waals surface area contributed by atoms with Gasteiger partial charge in [-0.1, -0.05) is 28.1 Å². The fraction of sp³-hybridized carbons (Fsp3) is 0.533. The highest BCUT2D eigenvalue weighted by molar-refractivity contribution is 9.09. The largest absolute Gasteiger partial charge is 0.507 e. The molecule has 0 radical (unpaired) electrons. The molecule has 1 aromatic rings. The Morgan fingerprint density at radius 1 is 1.53 bits per heavy atom. The van der Waals surface area contributed by atoms with Crippen LogP contribution < -0.4 is 0 Å². The molecule has 0 spiro atoms. The van der Waals surface area contributed by atoms with Crippen LogP contribution in [0.4, 0.5) is 0 Å². The Morgan fingerprint density at radius 3 is 3.05 bits per heavy atom. The Labute approximate surface area is 122 Å². The third-order valence-electron chi connectivity index (χ3n) is 3.79. The van der Waals surface area contributed by atoms with Gasteiger partial charge in [0.25, 0.3) is 5.91 Å². The Bertz CT molecular complexity index is 459. The van der Waals surface area contributed by atoms with Crippen LogP contribution in [0.1, 0.15) is 35.2 Å². The number of piperidine rings is 1. The maximum atomic E-state index is 12.5. The maximum Gasteiger partial charge on any atom is 0.257 e. The van der Waals surface area contributed by atoms with E-state index in [9.17, 15) is 9.90 Å². The van der Waals surface area contributed by atoms with E-state index in [2.05, 4.69) is 15.9 Å². The number of hydrogen-bond acceptors (Lipinski definition) is 2. The minimum Gasteiger partial charge on any atom is -0.507 e. The quantitative estimate of drug-likeness (QED) is 0.866. The number of aryl methyl sites for hydroxylation is 1. The standard InChI is InChI=1S/C15H20BrNO2/c1-11-4-2-6-13(14(11)18)15(19)17-9-3-5-12(10-17)7-8-16/h2,4,6,12,18H,3,5,7-10H2,1H3. The summed E-state index contributed by atoms with van der Waals surface area (Å²) in [5.74, 6) is 0.652. The summed E-state index contributed by atoms with van der Waals surface area (Å²) in [5.41, 5.74) is 1.18. The molecule has 1 aliphatic heterocycles. The topological polar surface area (TPSA) is 40.5 Å². The van der Waals surface area contributed by atoms with Gasteiger partial charge in [0.1, 0.15) is 5.75 Å². The maximum absolute atomic E-state index is 12.5. The van der Waals surface area contributed by atoms with Crippen molar-refractivity contribution in [3.05, 3.63) is 29.3 Å². The highest BCUT2D eigenvalue weighted by atomic mass is 79.9. The zero-order valence-corrected chi connectivity index (χ0v) is 12.8. The van der Waals surface area contributed by atoms with Gasteiger partial charge < -0.3 is 10.0 Å². The van der Waals surface area contributed by atoms with Crippen molar-refractivity contribution in [1.82, 2.24) is 4.90 Å². The van der Waals surface area contributed by atoms with Crippen LogP contribution in [-0.4, -0.2) is 34.3 Å². The van der Waals surface area contributed by atoms with Gasteiger partial charge in [-0.3, -0.25) is 4.79 Å². The van der Waals surface area contributed by atoms with Crippen LogP contribution in [0, 0.1) is 12.8 Å². The molecule has 0 aromatic heterocycles. The summed E-state index contributed by atoms with van der Waals surface area (Å²) in [5, 5.41) is 11.0. The van der Waals surface area contributed by atoms with Crippen LogP contribution in [0.15, 0.2) is 18.2 Å². The van der Waals surface area contributed by atoms with E-state index in [0.29, 0.717) is 11.5 Å². The average Bonchev–Trinajstić information content (AvgIpc) is 2.42. The number of benzene rings is 1. The summed E-state index contributed by atoms with van der Waals surface area (Å²) in [6, 6.07) is 5.34. The van der Waals surface area contributed by atoms with Crippen molar-refractivity contribution < 1.29 is 9.90 Å². The number of aromatic hydroxyl groups is 1. The number of carbonyl (C=O) groups excluding carboxylic acids is 1. The monoisotopic (exact) mass is 325 g/mol. The lowest BCUT2D eigenvalue weighted by atomic mass is 9.95. The van der Waals surface area contributed by atoms with Gasteiger partial charge in [0.2, 0.25) is 0 Å². The Kier molecular flexibility index (Phi) is 4.86. The molecule has 4 heteroatoms. The first kappa shape index (κ1) is 14.4. The SMILES string of the molecule is Cc1cccc(C(=O)N2CCCC(CCBr)C2)c1O. The zero-order valence-electron chi connectivity index (χ0n) is 11.2. The summed E-state index contributed by atoms with van der Waals surface area (Å²) < 4.78 is 0. The number of phenolic OH excluding ortho intramolecular Hbond substituents is 1. The number of nitrogens with zero attached hydrogens (tertiary/aromatic N) is 1. The molecule has 1 fully saturated rings. The summed E-state index contributed by atoms with van der Waals surface area (Å²) >= 11 is 3.46. The van der Waals surface area contributed by atoms with Gasteiger partial charge in [0.15, 0.2) is 0 Å². The highest BCUT2D eigenvalue weighted by Crippen LogP contribution is 2.26. The molecule has 0 bridgehead atoms. The molecule has 1 atom stereocenters. The van der Waals surface area contributed by atoms with E-state index in [1.54, 1.807) is 6.07 Å². The summed E-state index contributed by atoms with van der Waals surface area (Å²) in [6.07, 6.45) is 3.34. The van der Waals surface area contributed by atoms with Crippen LogP contribution in [-0.2, 0) is 0 Å². The molecule has 1 aliphatic rings. The number of phenols is 1. The van der Waals surface area contributed by atoms with Gasteiger partial charge in [-0.2, -0.15) is 0 Å². The third kappa shape index (κ3) is 3.30. The second-order valence-electron chi connectivity index (χ2n) is 5.21. The van der Waals surface area contributed by atoms with Crippen LogP contribution in [0.5, 0.6) is 5.75 Å². The molecular formula is C15H20BrNO2. The number of hydrogen-bond donors (Lipinski definition) is 1. The molecule has 2 rings (SSSR count). The summed E-state index contributed by atoms with van der Waals surface area (Å²) in [4.78, 5) is 14.4. The van der Waals surface area contributed by atoms with E-state index in [1.165, 1.54) is 6.42 Å². The van der Waals surface area contributed by atoms with Gasteiger partial charge in [0.05, 0.1) is 5.56 Å². The van der Waals surface area contributed by atoms with Crippen LogP contribution in [0.25, 0.3) is 0 Å². The van der Waals surface area contributed by atoms with Gasteiger partial charge in [-0.05, 0) is 43.7 Å². The molecule has 19 heavy (non-hydrogen) atoms. The number of amides is 1. The first-order valence-corrected chi connectivity index (χ1v) is 7.89. The Balaban J connectivity index is 2.12. The summed E-state index contributed by atoms with van der Waals surface area (Å²) in [6.45, 7) is 3.42. The number of halogens is 1. The lowest BCUT2D eigenvalue weighted by Gasteiger charge is -2.32. The molecular weight excluding hydrogens is 306 g/mol. The normalized spacial score (nSPS) is 19.5. The van der Waals surface area contributed by atoms with E-state index in [0.717, 1.165) is 36.8 Å². The van der Waals surface area contributed by atoms with E-state index in [1.807, 2.05) is 24.0 Å². The molecule has 1 heterocycles.